The van der Waals surface area contributed by atoms with E-state index in [-0.39, 0.29) is 11.9 Å². The van der Waals surface area contributed by atoms with E-state index < -0.39 is 0 Å². The molecule has 21 heavy (non-hydrogen) atoms. The number of nitrogens with zero attached hydrogens (tertiary/aromatic N) is 1. The van der Waals surface area contributed by atoms with Crippen molar-refractivity contribution in [3.63, 3.8) is 0 Å². The highest BCUT2D eigenvalue weighted by molar-refractivity contribution is 9.10. The van der Waals surface area contributed by atoms with Crippen LogP contribution in [0.3, 0.4) is 0 Å². The van der Waals surface area contributed by atoms with Crippen LogP contribution in [0.2, 0.25) is 0 Å². The molecule has 0 aliphatic heterocycles. The van der Waals surface area contributed by atoms with Crippen LogP contribution in [-0.4, -0.2) is 4.98 Å². The highest BCUT2D eigenvalue weighted by Gasteiger charge is 2.09. The molecule has 1 aromatic heterocycles. The second-order valence-corrected chi connectivity index (χ2v) is 5.87. The molecule has 2 nitrogen and oxygen atoms in total. The Bertz CT molecular complexity index is 789. The zero-order chi connectivity index (χ0) is 14.8. The Hall–Kier alpha value is -1.94. The highest BCUT2D eigenvalue weighted by atomic mass is 79.9. The maximum Gasteiger partial charge on any atom is 0.123 e. The Morgan fingerprint density at radius 2 is 1.95 bits per heavy atom. The summed E-state index contributed by atoms with van der Waals surface area (Å²) in [7, 11) is 0. The fourth-order valence-electron chi connectivity index (χ4n) is 2.34. The molecule has 0 bridgehead atoms. The van der Waals surface area contributed by atoms with Gasteiger partial charge in [0.2, 0.25) is 0 Å². The van der Waals surface area contributed by atoms with Gasteiger partial charge in [-0.1, -0.05) is 24.3 Å². The van der Waals surface area contributed by atoms with Crippen molar-refractivity contribution in [3.8, 4) is 0 Å². The number of halogens is 2. The molecule has 0 amide bonds. The number of anilines is 1. The molecule has 1 N–H and O–H groups in total. The van der Waals surface area contributed by atoms with Gasteiger partial charge in [-0.05, 0) is 52.7 Å². The van der Waals surface area contributed by atoms with Gasteiger partial charge in [0.15, 0.2) is 0 Å². The van der Waals surface area contributed by atoms with E-state index in [1.54, 1.807) is 18.3 Å². The Balaban J connectivity index is 1.94. The molecular formula is C17H14BrFN2. The van der Waals surface area contributed by atoms with Crippen molar-refractivity contribution in [2.45, 2.75) is 13.0 Å². The standard InChI is InChI=1S/C17H14BrFN2/c1-11(12-4-2-6-15(19)9-12)21-16-7-3-5-13-8-14(18)10-20-17(13)16/h2-11,21H,1H3. The minimum atomic E-state index is -0.221. The minimum Gasteiger partial charge on any atom is -0.377 e. The molecule has 0 spiro atoms. The van der Waals surface area contributed by atoms with Gasteiger partial charge in [-0.2, -0.15) is 0 Å². The molecule has 0 aliphatic rings. The van der Waals surface area contributed by atoms with E-state index in [0.717, 1.165) is 26.6 Å². The molecule has 0 saturated heterocycles. The Labute approximate surface area is 131 Å². The van der Waals surface area contributed by atoms with Crippen molar-refractivity contribution < 1.29 is 4.39 Å². The molecule has 0 aliphatic carbocycles. The van der Waals surface area contributed by atoms with Crippen molar-refractivity contribution in [2.24, 2.45) is 0 Å². The number of hydrogen-bond acceptors (Lipinski definition) is 2. The van der Waals surface area contributed by atoms with Crippen LogP contribution in [0, 0.1) is 5.82 Å². The van der Waals surface area contributed by atoms with Crippen LogP contribution >= 0.6 is 15.9 Å². The van der Waals surface area contributed by atoms with Gasteiger partial charge in [0.1, 0.15) is 5.82 Å². The number of pyridine rings is 1. The number of nitrogens with one attached hydrogen (secondary N) is 1. The summed E-state index contributed by atoms with van der Waals surface area (Å²) in [5.74, 6) is -0.221. The predicted octanol–water partition coefficient (Wildman–Crippen LogP) is 5.31. The average molecular weight is 345 g/mol. The Morgan fingerprint density at radius 1 is 1.14 bits per heavy atom. The molecule has 0 radical (unpaired) electrons. The number of rotatable bonds is 3. The van der Waals surface area contributed by atoms with E-state index >= 15 is 0 Å². The average Bonchev–Trinajstić information content (AvgIpc) is 2.47. The lowest BCUT2D eigenvalue weighted by Gasteiger charge is -2.17. The highest BCUT2D eigenvalue weighted by Crippen LogP contribution is 2.27. The summed E-state index contributed by atoms with van der Waals surface area (Å²) in [5, 5.41) is 4.46. The molecular weight excluding hydrogens is 331 g/mol. The van der Waals surface area contributed by atoms with Gasteiger partial charge >= 0.3 is 0 Å². The SMILES string of the molecule is CC(Nc1cccc2cc(Br)cnc12)c1cccc(F)c1. The van der Waals surface area contributed by atoms with Crippen LogP contribution in [0.25, 0.3) is 10.9 Å². The van der Waals surface area contributed by atoms with Gasteiger partial charge in [-0.25, -0.2) is 4.39 Å². The lowest BCUT2D eigenvalue weighted by atomic mass is 10.1. The lowest BCUT2D eigenvalue weighted by Crippen LogP contribution is -2.07. The summed E-state index contributed by atoms with van der Waals surface area (Å²) >= 11 is 3.43. The lowest BCUT2D eigenvalue weighted by molar-refractivity contribution is 0.623. The number of fused-ring (bicyclic) bond motifs is 1. The second kappa shape index (κ2) is 5.82. The first-order valence-electron chi connectivity index (χ1n) is 6.70. The maximum absolute atomic E-state index is 13.3. The molecule has 1 atom stereocenters. The quantitative estimate of drug-likeness (QED) is 0.696. The second-order valence-electron chi connectivity index (χ2n) is 4.95. The van der Waals surface area contributed by atoms with Crippen molar-refractivity contribution in [3.05, 3.63) is 70.6 Å². The molecule has 1 heterocycles. The van der Waals surface area contributed by atoms with Crippen molar-refractivity contribution >= 4 is 32.5 Å². The van der Waals surface area contributed by atoms with Gasteiger partial charge in [-0.3, -0.25) is 4.98 Å². The van der Waals surface area contributed by atoms with Crippen LogP contribution in [-0.2, 0) is 0 Å². The van der Waals surface area contributed by atoms with Crippen molar-refractivity contribution in [1.29, 1.82) is 0 Å². The van der Waals surface area contributed by atoms with Gasteiger partial charge in [0.25, 0.3) is 0 Å². The fraction of sp³-hybridized carbons (Fsp3) is 0.118. The maximum atomic E-state index is 13.3. The molecule has 3 rings (SSSR count). The summed E-state index contributed by atoms with van der Waals surface area (Å²) < 4.78 is 14.3. The van der Waals surface area contributed by atoms with E-state index in [1.165, 1.54) is 6.07 Å². The number of para-hydroxylation sites is 1. The topological polar surface area (TPSA) is 24.9 Å². The summed E-state index contributed by atoms with van der Waals surface area (Å²) in [6.07, 6.45) is 1.78. The molecule has 4 heteroatoms. The van der Waals surface area contributed by atoms with E-state index in [0.29, 0.717) is 0 Å². The van der Waals surface area contributed by atoms with Gasteiger partial charge in [0, 0.05) is 22.1 Å². The third-order valence-electron chi connectivity index (χ3n) is 3.40. The van der Waals surface area contributed by atoms with Gasteiger partial charge in [0.05, 0.1) is 11.2 Å². The van der Waals surface area contributed by atoms with Crippen LogP contribution in [0.5, 0.6) is 0 Å². The minimum absolute atomic E-state index is 0.00301. The summed E-state index contributed by atoms with van der Waals surface area (Å²) in [5.41, 5.74) is 2.75. The van der Waals surface area contributed by atoms with Crippen LogP contribution in [0.4, 0.5) is 10.1 Å². The zero-order valence-corrected chi connectivity index (χ0v) is 13.1. The zero-order valence-electron chi connectivity index (χ0n) is 11.5. The monoisotopic (exact) mass is 344 g/mol. The van der Waals surface area contributed by atoms with E-state index in [2.05, 4.69) is 26.2 Å². The Morgan fingerprint density at radius 3 is 2.76 bits per heavy atom. The van der Waals surface area contributed by atoms with E-state index in [4.69, 9.17) is 0 Å². The number of hydrogen-bond donors (Lipinski definition) is 1. The molecule has 0 saturated carbocycles. The third kappa shape index (κ3) is 3.05. The van der Waals surface area contributed by atoms with Crippen LogP contribution in [0.15, 0.2) is 59.2 Å². The van der Waals surface area contributed by atoms with E-state index in [1.807, 2.05) is 37.3 Å². The summed E-state index contributed by atoms with van der Waals surface area (Å²) in [4.78, 5) is 4.46. The van der Waals surface area contributed by atoms with Crippen LogP contribution in [0.1, 0.15) is 18.5 Å². The Kier molecular flexibility index (Phi) is 3.88. The van der Waals surface area contributed by atoms with E-state index in [9.17, 15) is 4.39 Å². The van der Waals surface area contributed by atoms with Crippen LogP contribution < -0.4 is 5.32 Å². The number of benzene rings is 2. The first-order valence-corrected chi connectivity index (χ1v) is 7.49. The molecule has 106 valence electrons. The fourth-order valence-corrected chi connectivity index (χ4v) is 2.69. The number of aromatic nitrogens is 1. The molecule has 0 fully saturated rings. The summed E-state index contributed by atoms with van der Waals surface area (Å²) in [6.45, 7) is 2.01. The first kappa shape index (κ1) is 14.0. The first-order chi connectivity index (χ1) is 10.1. The summed E-state index contributed by atoms with van der Waals surface area (Å²) in [6, 6.07) is 14.6. The molecule has 1 unspecified atom stereocenters. The largest absolute Gasteiger partial charge is 0.377 e. The van der Waals surface area contributed by atoms with Crippen molar-refractivity contribution in [2.75, 3.05) is 5.32 Å². The third-order valence-corrected chi connectivity index (χ3v) is 3.83. The molecule has 3 aromatic rings. The molecule has 2 aromatic carbocycles. The smallest absolute Gasteiger partial charge is 0.123 e. The van der Waals surface area contributed by atoms with Gasteiger partial charge in [-0.15, -0.1) is 0 Å². The predicted molar refractivity (Wildman–Crippen MR) is 87.9 cm³/mol. The van der Waals surface area contributed by atoms with Gasteiger partial charge < -0.3 is 5.32 Å². The van der Waals surface area contributed by atoms with Crippen molar-refractivity contribution in [1.82, 2.24) is 4.98 Å². The normalized spacial score (nSPS) is 12.3.